The molecule has 8 aromatic carbocycles. The highest BCUT2D eigenvalue weighted by molar-refractivity contribution is 7.25. The Morgan fingerprint density at radius 3 is 1.67 bits per heavy atom. The monoisotopic (exact) mass is 748 g/mol. The van der Waals surface area contributed by atoms with Crippen molar-refractivity contribution in [2.45, 2.75) is 0 Å². The number of fused-ring (bicyclic) bond motifs is 6. The fourth-order valence-electron chi connectivity index (χ4n) is 7.82. The fraction of sp³-hybridized carbons (Fsp3) is 0. The van der Waals surface area contributed by atoms with E-state index in [1.807, 2.05) is 84.1 Å². The number of nitrogens with zero attached hydrogens (tertiary/aromatic N) is 4. The van der Waals surface area contributed by atoms with Gasteiger partial charge in [0.2, 0.25) is 0 Å². The van der Waals surface area contributed by atoms with Crippen LogP contribution in [-0.4, -0.2) is 15.0 Å². The van der Waals surface area contributed by atoms with Gasteiger partial charge in [-0.2, -0.15) is 0 Å². The van der Waals surface area contributed by atoms with Crippen molar-refractivity contribution in [3.63, 3.8) is 0 Å². The Morgan fingerprint density at radius 1 is 0.368 bits per heavy atom. The number of furan rings is 1. The zero-order valence-electron chi connectivity index (χ0n) is 30.6. The van der Waals surface area contributed by atoms with Crippen molar-refractivity contribution in [1.29, 1.82) is 0 Å². The third-order valence-electron chi connectivity index (χ3n) is 10.5. The minimum atomic E-state index is 0.594. The average Bonchev–Trinajstić information content (AvgIpc) is 3.85. The SMILES string of the molecule is c1ccc(-c2cccc(N(c3ccc4c(c3)oc3cccc(-c5nc(-c6ccccc6)nc(-c6ccccc6)n5)c34)c3ccc4c(c3)sc3ccccc34)c2)cc1. The van der Waals surface area contributed by atoms with Crippen molar-refractivity contribution in [2.24, 2.45) is 0 Å². The Labute approximate surface area is 332 Å². The minimum Gasteiger partial charge on any atom is -0.456 e. The molecule has 5 nitrogen and oxygen atoms in total. The van der Waals surface area contributed by atoms with Crippen LogP contribution >= 0.6 is 11.3 Å². The summed E-state index contributed by atoms with van der Waals surface area (Å²) in [5.74, 6) is 1.84. The number of thiophene rings is 1. The molecule has 0 amide bonds. The van der Waals surface area contributed by atoms with Crippen molar-refractivity contribution in [3.05, 3.63) is 194 Å². The number of aromatic nitrogens is 3. The van der Waals surface area contributed by atoms with E-state index >= 15 is 0 Å². The Kier molecular flexibility index (Phi) is 7.93. The summed E-state index contributed by atoms with van der Waals surface area (Å²) in [7, 11) is 0. The van der Waals surface area contributed by atoms with Gasteiger partial charge in [0.25, 0.3) is 0 Å². The zero-order chi connectivity index (χ0) is 37.7. The van der Waals surface area contributed by atoms with E-state index in [-0.39, 0.29) is 0 Å². The van der Waals surface area contributed by atoms with E-state index in [1.54, 1.807) is 0 Å². The molecule has 3 heterocycles. The van der Waals surface area contributed by atoms with Crippen molar-refractivity contribution in [1.82, 2.24) is 15.0 Å². The number of rotatable bonds is 7. The molecule has 0 radical (unpaired) electrons. The lowest BCUT2D eigenvalue weighted by atomic mass is 10.0. The zero-order valence-corrected chi connectivity index (χ0v) is 31.4. The normalized spacial score (nSPS) is 11.5. The van der Waals surface area contributed by atoms with Gasteiger partial charge in [-0.1, -0.05) is 140 Å². The second-order valence-corrected chi connectivity index (χ2v) is 15.1. The van der Waals surface area contributed by atoms with E-state index < -0.39 is 0 Å². The predicted octanol–water partition coefficient (Wildman–Crippen LogP) is 14.3. The molecule has 0 fully saturated rings. The molecule has 0 saturated heterocycles. The number of benzene rings is 8. The lowest BCUT2D eigenvalue weighted by Crippen LogP contribution is -2.09. The van der Waals surface area contributed by atoms with Crippen LogP contribution in [-0.2, 0) is 0 Å². The first-order valence-electron chi connectivity index (χ1n) is 18.9. The van der Waals surface area contributed by atoms with Gasteiger partial charge in [-0.15, -0.1) is 11.3 Å². The van der Waals surface area contributed by atoms with Crippen LogP contribution in [0.4, 0.5) is 17.1 Å². The van der Waals surface area contributed by atoms with Crippen LogP contribution < -0.4 is 4.90 Å². The highest BCUT2D eigenvalue weighted by Gasteiger charge is 2.21. The Morgan fingerprint density at radius 2 is 0.930 bits per heavy atom. The molecular weight excluding hydrogens is 717 g/mol. The van der Waals surface area contributed by atoms with E-state index in [4.69, 9.17) is 19.4 Å². The molecule has 0 unspecified atom stereocenters. The Hall–Kier alpha value is -7.41. The molecule has 6 heteroatoms. The quantitative estimate of drug-likeness (QED) is 0.162. The van der Waals surface area contributed by atoms with Crippen molar-refractivity contribution in [2.75, 3.05) is 4.90 Å². The molecule has 3 aromatic heterocycles. The average molecular weight is 749 g/mol. The largest absolute Gasteiger partial charge is 0.456 e. The highest BCUT2D eigenvalue weighted by atomic mass is 32.1. The standard InChI is InChI=1S/C51H32N4OS/c1-4-14-33(15-5-1)36-20-12-21-37(30-36)55(39-26-28-41-40-22-10-11-25-46(40)57-47(41)32-39)38-27-29-42-45(31-38)56-44-24-13-23-43(48(42)44)51-53-49(34-16-6-2-7-17-34)52-50(54-51)35-18-8-3-9-19-35/h1-32H. The topological polar surface area (TPSA) is 55.1 Å². The van der Waals surface area contributed by atoms with Gasteiger partial charge in [0, 0.05) is 70.8 Å². The van der Waals surface area contributed by atoms with Crippen LogP contribution in [0.5, 0.6) is 0 Å². The smallest absolute Gasteiger partial charge is 0.164 e. The molecule has 0 spiro atoms. The van der Waals surface area contributed by atoms with E-state index in [0.29, 0.717) is 17.5 Å². The minimum absolute atomic E-state index is 0.594. The second kappa shape index (κ2) is 13.7. The first-order valence-corrected chi connectivity index (χ1v) is 19.7. The van der Waals surface area contributed by atoms with Gasteiger partial charge >= 0.3 is 0 Å². The molecule has 0 saturated carbocycles. The first kappa shape index (κ1) is 33.0. The molecular formula is C51H32N4OS. The molecule has 11 rings (SSSR count). The summed E-state index contributed by atoms with van der Waals surface area (Å²) in [6.07, 6.45) is 0. The predicted molar refractivity (Wildman–Crippen MR) is 236 cm³/mol. The van der Waals surface area contributed by atoms with Crippen molar-refractivity contribution >= 4 is 70.5 Å². The maximum atomic E-state index is 6.71. The molecule has 0 aliphatic carbocycles. The summed E-state index contributed by atoms with van der Waals surface area (Å²) in [5.41, 5.74) is 9.73. The summed E-state index contributed by atoms with van der Waals surface area (Å²) < 4.78 is 9.24. The van der Waals surface area contributed by atoms with Crippen LogP contribution in [0.3, 0.4) is 0 Å². The molecule has 0 aliphatic rings. The molecule has 57 heavy (non-hydrogen) atoms. The summed E-state index contributed by atoms with van der Waals surface area (Å²) in [6, 6.07) is 67.5. The second-order valence-electron chi connectivity index (χ2n) is 14.0. The Bertz CT molecular complexity index is 3190. The van der Waals surface area contributed by atoms with E-state index in [1.165, 1.54) is 25.7 Å². The van der Waals surface area contributed by atoms with Gasteiger partial charge in [0.15, 0.2) is 17.5 Å². The summed E-state index contributed by atoms with van der Waals surface area (Å²) in [4.78, 5) is 17.4. The van der Waals surface area contributed by atoms with Crippen molar-refractivity contribution in [3.8, 4) is 45.3 Å². The van der Waals surface area contributed by atoms with Crippen LogP contribution in [0, 0.1) is 0 Å². The first-order chi connectivity index (χ1) is 28.2. The fourth-order valence-corrected chi connectivity index (χ4v) is 8.96. The molecule has 268 valence electrons. The summed E-state index contributed by atoms with van der Waals surface area (Å²) in [5, 5.41) is 4.51. The molecule has 0 aliphatic heterocycles. The molecule has 0 bridgehead atoms. The molecule has 0 N–H and O–H groups in total. The lowest BCUT2D eigenvalue weighted by molar-refractivity contribution is 0.669. The van der Waals surface area contributed by atoms with Crippen LogP contribution in [0.15, 0.2) is 199 Å². The van der Waals surface area contributed by atoms with E-state index in [0.717, 1.165) is 61.3 Å². The van der Waals surface area contributed by atoms with Crippen LogP contribution in [0.25, 0.3) is 87.4 Å². The molecule has 0 atom stereocenters. The van der Waals surface area contributed by atoms with Crippen LogP contribution in [0.2, 0.25) is 0 Å². The van der Waals surface area contributed by atoms with Gasteiger partial charge in [-0.05, 0) is 59.7 Å². The van der Waals surface area contributed by atoms with Gasteiger partial charge < -0.3 is 9.32 Å². The number of anilines is 3. The maximum absolute atomic E-state index is 6.71. The lowest BCUT2D eigenvalue weighted by Gasteiger charge is -2.26. The number of hydrogen-bond donors (Lipinski definition) is 0. The maximum Gasteiger partial charge on any atom is 0.164 e. The van der Waals surface area contributed by atoms with Gasteiger partial charge in [-0.3, -0.25) is 0 Å². The molecule has 11 aromatic rings. The highest BCUT2D eigenvalue weighted by Crippen LogP contribution is 2.44. The number of hydrogen-bond acceptors (Lipinski definition) is 6. The summed E-state index contributed by atoms with van der Waals surface area (Å²) in [6.45, 7) is 0. The third kappa shape index (κ3) is 5.91. The third-order valence-corrected chi connectivity index (χ3v) is 11.6. The Balaban J connectivity index is 1.08. The van der Waals surface area contributed by atoms with Crippen LogP contribution in [0.1, 0.15) is 0 Å². The van der Waals surface area contributed by atoms with E-state index in [2.05, 4.69) is 126 Å². The van der Waals surface area contributed by atoms with E-state index in [9.17, 15) is 0 Å². The van der Waals surface area contributed by atoms with Gasteiger partial charge in [0.1, 0.15) is 11.2 Å². The van der Waals surface area contributed by atoms with Crippen molar-refractivity contribution < 1.29 is 4.42 Å². The summed E-state index contributed by atoms with van der Waals surface area (Å²) >= 11 is 1.83. The van der Waals surface area contributed by atoms with Gasteiger partial charge in [0.05, 0.1) is 0 Å². The van der Waals surface area contributed by atoms with Gasteiger partial charge in [-0.25, -0.2) is 15.0 Å².